The lowest BCUT2D eigenvalue weighted by atomic mass is 10.1. The van der Waals surface area contributed by atoms with Crippen molar-refractivity contribution in [2.75, 3.05) is 6.54 Å². The number of carboxylic acids is 1. The number of hydrogen-bond acceptors (Lipinski definition) is 3. The van der Waals surface area contributed by atoms with Gasteiger partial charge in [0.1, 0.15) is 0 Å². The Labute approximate surface area is 113 Å². The molecule has 0 aromatic rings. The van der Waals surface area contributed by atoms with Crippen molar-refractivity contribution in [1.82, 2.24) is 10.6 Å². The fourth-order valence-electron chi connectivity index (χ4n) is 1.52. The van der Waals surface area contributed by atoms with E-state index < -0.39 is 5.97 Å². The lowest BCUT2D eigenvalue weighted by Gasteiger charge is -2.12. The Hall–Kier alpha value is -1.59. The van der Waals surface area contributed by atoms with Gasteiger partial charge in [-0.25, -0.2) is 0 Å². The second-order valence-electron chi connectivity index (χ2n) is 4.60. The molecule has 6 nitrogen and oxygen atoms in total. The van der Waals surface area contributed by atoms with E-state index >= 15 is 0 Å². The number of amides is 2. The molecule has 0 aliphatic carbocycles. The highest BCUT2D eigenvalue weighted by molar-refractivity contribution is 5.79. The summed E-state index contributed by atoms with van der Waals surface area (Å²) in [4.78, 5) is 33.1. The summed E-state index contributed by atoms with van der Waals surface area (Å²) < 4.78 is 0. The van der Waals surface area contributed by atoms with Crippen LogP contribution in [0.3, 0.4) is 0 Å². The predicted molar refractivity (Wildman–Crippen MR) is 71.6 cm³/mol. The van der Waals surface area contributed by atoms with Crippen LogP contribution in [0, 0.1) is 0 Å². The van der Waals surface area contributed by atoms with Crippen molar-refractivity contribution >= 4 is 17.8 Å². The van der Waals surface area contributed by atoms with Crippen molar-refractivity contribution in [3.63, 3.8) is 0 Å². The van der Waals surface area contributed by atoms with Gasteiger partial charge < -0.3 is 15.7 Å². The van der Waals surface area contributed by atoms with Crippen LogP contribution in [0.5, 0.6) is 0 Å². The van der Waals surface area contributed by atoms with Gasteiger partial charge in [0.25, 0.3) is 0 Å². The summed E-state index contributed by atoms with van der Waals surface area (Å²) in [5, 5.41) is 14.0. The summed E-state index contributed by atoms with van der Waals surface area (Å²) in [5.41, 5.74) is 0. The van der Waals surface area contributed by atoms with Crippen molar-refractivity contribution in [2.45, 2.75) is 58.4 Å². The van der Waals surface area contributed by atoms with E-state index in [-0.39, 0.29) is 30.7 Å². The zero-order valence-corrected chi connectivity index (χ0v) is 11.7. The molecule has 110 valence electrons. The second-order valence-corrected chi connectivity index (χ2v) is 4.60. The SMILES string of the molecule is CCCNC(=O)CCCC(=O)NC(C)CCC(=O)O. The predicted octanol–water partition coefficient (Wildman–Crippen LogP) is 1.05. The molecule has 0 spiro atoms. The number of nitrogens with one attached hydrogen (secondary N) is 2. The van der Waals surface area contributed by atoms with Crippen molar-refractivity contribution in [2.24, 2.45) is 0 Å². The summed E-state index contributed by atoms with van der Waals surface area (Å²) in [7, 11) is 0. The van der Waals surface area contributed by atoms with Gasteiger partial charge in [0.2, 0.25) is 11.8 Å². The molecule has 0 rings (SSSR count). The zero-order valence-electron chi connectivity index (χ0n) is 11.7. The maximum atomic E-state index is 11.5. The van der Waals surface area contributed by atoms with E-state index in [4.69, 9.17) is 5.11 Å². The summed E-state index contributed by atoms with van der Waals surface area (Å²) in [6.45, 7) is 4.41. The molecule has 0 radical (unpaired) electrons. The van der Waals surface area contributed by atoms with Crippen LogP contribution >= 0.6 is 0 Å². The number of aliphatic carboxylic acids is 1. The maximum absolute atomic E-state index is 11.5. The minimum absolute atomic E-state index is 0.0337. The standard InChI is InChI=1S/C13H24N2O4/c1-3-9-14-11(16)5-4-6-12(17)15-10(2)7-8-13(18)19/h10H,3-9H2,1-2H3,(H,14,16)(H,15,17)(H,18,19). The number of hydrogen-bond donors (Lipinski definition) is 3. The quantitative estimate of drug-likeness (QED) is 0.554. The molecule has 0 saturated carbocycles. The Bertz CT molecular complexity index is 305. The zero-order chi connectivity index (χ0) is 14.7. The van der Waals surface area contributed by atoms with Crippen LogP contribution in [0.2, 0.25) is 0 Å². The average molecular weight is 272 g/mol. The van der Waals surface area contributed by atoms with Gasteiger partial charge in [0.15, 0.2) is 0 Å². The Morgan fingerprint density at radius 1 is 1.11 bits per heavy atom. The summed E-state index contributed by atoms with van der Waals surface area (Å²) in [5.74, 6) is -1.04. The molecule has 0 aliphatic heterocycles. The van der Waals surface area contributed by atoms with E-state index in [0.29, 0.717) is 25.8 Å². The summed E-state index contributed by atoms with van der Waals surface area (Å²) >= 11 is 0. The average Bonchev–Trinajstić information content (AvgIpc) is 2.33. The lowest BCUT2D eigenvalue weighted by Crippen LogP contribution is -2.33. The highest BCUT2D eigenvalue weighted by atomic mass is 16.4. The van der Waals surface area contributed by atoms with Gasteiger partial charge in [0, 0.05) is 31.8 Å². The molecule has 3 N–H and O–H groups in total. The summed E-state index contributed by atoms with van der Waals surface area (Å²) in [6.07, 6.45) is 2.49. The molecule has 2 amide bonds. The van der Waals surface area contributed by atoms with Gasteiger partial charge in [-0.1, -0.05) is 6.92 Å². The van der Waals surface area contributed by atoms with E-state index in [0.717, 1.165) is 6.42 Å². The van der Waals surface area contributed by atoms with Gasteiger partial charge in [0.05, 0.1) is 0 Å². The van der Waals surface area contributed by atoms with E-state index in [1.54, 1.807) is 6.92 Å². The number of carbonyl (C=O) groups excluding carboxylic acids is 2. The third-order valence-corrected chi connectivity index (χ3v) is 2.58. The Morgan fingerprint density at radius 3 is 2.32 bits per heavy atom. The molecule has 19 heavy (non-hydrogen) atoms. The molecule has 1 unspecified atom stereocenters. The van der Waals surface area contributed by atoms with Crippen LogP contribution in [-0.4, -0.2) is 35.5 Å². The monoisotopic (exact) mass is 272 g/mol. The molecule has 0 fully saturated rings. The van der Waals surface area contributed by atoms with Gasteiger partial charge in [-0.15, -0.1) is 0 Å². The number of carboxylic acid groups (broad SMARTS) is 1. The van der Waals surface area contributed by atoms with Crippen LogP contribution in [0.15, 0.2) is 0 Å². The molecule has 0 saturated heterocycles. The van der Waals surface area contributed by atoms with E-state index in [1.165, 1.54) is 0 Å². The highest BCUT2D eigenvalue weighted by Crippen LogP contribution is 2.00. The molecular weight excluding hydrogens is 248 g/mol. The van der Waals surface area contributed by atoms with Crippen molar-refractivity contribution < 1.29 is 19.5 Å². The minimum Gasteiger partial charge on any atom is -0.481 e. The van der Waals surface area contributed by atoms with Crippen LogP contribution in [-0.2, 0) is 14.4 Å². The third-order valence-electron chi connectivity index (χ3n) is 2.58. The molecule has 0 bridgehead atoms. The fraction of sp³-hybridized carbons (Fsp3) is 0.769. The van der Waals surface area contributed by atoms with Crippen molar-refractivity contribution in [1.29, 1.82) is 0 Å². The third kappa shape index (κ3) is 11.2. The molecule has 0 aromatic heterocycles. The number of rotatable bonds is 10. The topological polar surface area (TPSA) is 95.5 Å². The van der Waals surface area contributed by atoms with Gasteiger partial charge in [-0.2, -0.15) is 0 Å². The first-order valence-electron chi connectivity index (χ1n) is 6.73. The highest BCUT2D eigenvalue weighted by Gasteiger charge is 2.09. The first-order chi connectivity index (χ1) is 8.95. The normalized spacial score (nSPS) is 11.7. The first-order valence-corrected chi connectivity index (χ1v) is 6.73. The molecule has 1 atom stereocenters. The molecule has 0 aliphatic rings. The first kappa shape index (κ1) is 17.4. The molecular formula is C13H24N2O4. The van der Waals surface area contributed by atoms with E-state index in [2.05, 4.69) is 10.6 Å². The second kappa shape index (κ2) is 10.3. The summed E-state index contributed by atoms with van der Waals surface area (Å²) in [6, 6.07) is -0.155. The Balaban J connectivity index is 3.63. The smallest absolute Gasteiger partial charge is 0.303 e. The fourth-order valence-corrected chi connectivity index (χ4v) is 1.52. The van der Waals surface area contributed by atoms with Crippen LogP contribution < -0.4 is 10.6 Å². The molecule has 0 heterocycles. The minimum atomic E-state index is -0.867. The van der Waals surface area contributed by atoms with E-state index in [9.17, 15) is 14.4 Å². The van der Waals surface area contributed by atoms with Gasteiger partial charge >= 0.3 is 5.97 Å². The number of carbonyl (C=O) groups is 3. The van der Waals surface area contributed by atoms with Crippen LogP contribution in [0.4, 0.5) is 0 Å². The van der Waals surface area contributed by atoms with Gasteiger partial charge in [-0.3, -0.25) is 14.4 Å². The van der Waals surface area contributed by atoms with Crippen LogP contribution in [0.1, 0.15) is 52.4 Å². The van der Waals surface area contributed by atoms with E-state index in [1.807, 2.05) is 6.92 Å². The van der Waals surface area contributed by atoms with Gasteiger partial charge in [-0.05, 0) is 26.2 Å². The van der Waals surface area contributed by atoms with Crippen LogP contribution in [0.25, 0.3) is 0 Å². The maximum Gasteiger partial charge on any atom is 0.303 e. The van der Waals surface area contributed by atoms with Crippen molar-refractivity contribution in [3.05, 3.63) is 0 Å². The Morgan fingerprint density at radius 2 is 1.74 bits per heavy atom. The molecule has 0 aromatic carbocycles. The Kier molecular flexibility index (Phi) is 9.48. The van der Waals surface area contributed by atoms with Crippen molar-refractivity contribution in [3.8, 4) is 0 Å². The molecule has 6 heteroatoms. The lowest BCUT2D eigenvalue weighted by molar-refractivity contribution is -0.137. The largest absolute Gasteiger partial charge is 0.481 e.